The molecule has 0 radical (unpaired) electrons. The van der Waals surface area contributed by atoms with E-state index in [4.69, 9.17) is 8.94 Å². The Labute approximate surface area is 196 Å². The summed E-state index contributed by atoms with van der Waals surface area (Å²) < 4.78 is 38.8. The Balaban J connectivity index is 1.51. The van der Waals surface area contributed by atoms with Crippen molar-refractivity contribution in [1.29, 1.82) is 0 Å². The predicted molar refractivity (Wildman–Crippen MR) is 126 cm³/mol. The molecule has 1 aliphatic rings. The average Bonchev–Trinajstić information content (AvgIpc) is 3.51. The van der Waals surface area contributed by atoms with Gasteiger partial charge in [0.1, 0.15) is 5.69 Å². The molecule has 0 bridgehead atoms. The number of nitrogens with zero attached hydrogens (tertiary/aromatic N) is 3. The van der Waals surface area contributed by atoms with E-state index >= 15 is 0 Å². The molecule has 1 N–H and O–H groups in total. The van der Waals surface area contributed by atoms with Crippen LogP contribution in [0.5, 0.6) is 0 Å². The van der Waals surface area contributed by atoms with Gasteiger partial charge in [-0.25, -0.2) is 13.4 Å². The minimum Gasteiger partial charge on any atom is -0.463 e. The normalized spacial score (nSPS) is 15.0. The molecule has 4 heterocycles. The first-order valence-electron chi connectivity index (χ1n) is 11.1. The van der Waals surface area contributed by atoms with Gasteiger partial charge in [0, 0.05) is 18.8 Å². The first-order chi connectivity index (χ1) is 16.3. The Morgan fingerprint density at radius 2 is 1.88 bits per heavy atom. The van der Waals surface area contributed by atoms with Gasteiger partial charge in [0.15, 0.2) is 5.76 Å². The van der Waals surface area contributed by atoms with Crippen LogP contribution in [0.25, 0.3) is 22.6 Å². The van der Waals surface area contributed by atoms with E-state index in [-0.39, 0.29) is 10.6 Å². The third-order valence-corrected chi connectivity index (χ3v) is 8.05. The summed E-state index contributed by atoms with van der Waals surface area (Å²) in [5, 5.41) is 7.27. The molecule has 1 amide bonds. The minimum atomic E-state index is -3.65. The fourth-order valence-electron chi connectivity index (χ4n) is 4.22. The number of carbonyl (C=O) groups excluding carboxylic acids is 1. The number of aryl methyl sites for hydroxylation is 2. The van der Waals surface area contributed by atoms with Crippen LogP contribution in [-0.2, 0) is 10.0 Å². The number of furan rings is 1. The van der Waals surface area contributed by atoms with E-state index in [9.17, 15) is 13.2 Å². The maximum absolute atomic E-state index is 13.3. The molecule has 4 aromatic rings. The molecule has 5 rings (SSSR count). The Morgan fingerprint density at radius 1 is 1.09 bits per heavy atom. The lowest BCUT2D eigenvalue weighted by Crippen LogP contribution is -2.36. The molecule has 9 nitrogen and oxygen atoms in total. The van der Waals surface area contributed by atoms with Crippen molar-refractivity contribution >= 4 is 32.7 Å². The van der Waals surface area contributed by atoms with Gasteiger partial charge in [-0.2, -0.15) is 4.31 Å². The summed E-state index contributed by atoms with van der Waals surface area (Å²) in [6.45, 7) is 4.50. The second-order valence-electron chi connectivity index (χ2n) is 8.38. The van der Waals surface area contributed by atoms with E-state index in [1.807, 2.05) is 0 Å². The number of benzene rings is 1. The van der Waals surface area contributed by atoms with Crippen LogP contribution in [0.2, 0.25) is 0 Å². The first kappa shape index (κ1) is 22.3. The summed E-state index contributed by atoms with van der Waals surface area (Å²) in [6, 6.07) is 9.98. The summed E-state index contributed by atoms with van der Waals surface area (Å²) in [6.07, 6.45) is 4.25. The van der Waals surface area contributed by atoms with Gasteiger partial charge in [-0.15, -0.1) is 0 Å². The molecule has 10 heteroatoms. The van der Waals surface area contributed by atoms with Crippen LogP contribution < -0.4 is 5.32 Å². The smallest absolute Gasteiger partial charge is 0.259 e. The van der Waals surface area contributed by atoms with Crippen molar-refractivity contribution in [2.75, 3.05) is 18.4 Å². The highest BCUT2D eigenvalue weighted by Crippen LogP contribution is 2.29. The molecule has 1 aliphatic heterocycles. The topological polar surface area (TPSA) is 119 Å². The summed E-state index contributed by atoms with van der Waals surface area (Å²) in [5.41, 5.74) is 2.48. The number of fused-ring (bicyclic) bond motifs is 1. The molecule has 0 saturated carbocycles. The molecular formula is C24H24N4O5S. The van der Waals surface area contributed by atoms with Crippen LogP contribution >= 0.6 is 0 Å². The number of aromatic nitrogens is 2. The summed E-state index contributed by atoms with van der Waals surface area (Å²) in [5.74, 6) is 0.0481. The van der Waals surface area contributed by atoms with Crippen LogP contribution in [0.3, 0.4) is 0 Å². The predicted octanol–water partition coefficient (Wildman–Crippen LogP) is 4.53. The Kier molecular flexibility index (Phi) is 5.70. The van der Waals surface area contributed by atoms with E-state index in [1.165, 1.54) is 16.6 Å². The number of nitrogens with one attached hydrogen (secondary N) is 1. The van der Waals surface area contributed by atoms with Gasteiger partial charge < -0.3 is 14.3 Å². The Bertz CT molecular complexity index is 1470. The van der Waals surface area contributed by atoms with E-state index in [0.717, 1.165) is 19.3 Å². The molecule has 0 aliphatic carbocycles. The van der Waals surface area contributed by atoms with Gasteiger partial charge in [-0.3, -0.25) is 4.79 Å². The van der Waals surface area contributed by atoms with Gasteiger partial charge in [0.05, 0.1) is 27.8 Å². The number of amides is 1. The monoisotopic (exact) mass is 480 g/mol. The number of sulfonamides is 1. The minimum absolute atomic E-state index is 0.199. The maximum Gasteiger partial charge on any atom is 0.259 e. The van der Waals surface area contributed by atoms with Gasteiger partial charge in [0.2, 0.25) is 10.0 Å². The number of rotatable bonds is 5. The highest BCUT2D eigenvalue weighted by atomic mass is 32.2. The van der Waals surface area contributed by atoms with E-state index in [2.05, 4.69) is 15.5 Å². The number of pyridine rings is 1. The number of hydrogen-bond donors (Lipinski definition) is 1. The zero-order valence-electron chi connectivity index (χ0n) is 18.9. The van der Waals surface area contributed by atoms with Gasteiger partial charge in [-0.1, -0.05) is 17.6 Å². The number of anilines is 1. The van der Waals surface area contributed by atoms with Crippen molar-refractivity contribution in [2.45, 2.75) is 38.0 Å². The summed E-state index contributed by atoms with van der Waals surface area (Å²) in [7, 11) is -3.65. The van der Waals surface area contributed by atoms with Crippen molar-refractivity contribution in [3.8, 4) is 11.5 Å². The third-order valence-electron chi connectivity index (χ3n) is 6.01. The van der Waals surface area contributed by atoms with E-state index in [0.29, 0.717) is 52.4 Å². The lowest BCUT2D eigenvalue weighted by atomic mass is 10.1. The first-order valence-corrected chi connectivity index (χ1v) is 12.5. The summed E-state index contributed by atoms with van der Waals surface area (Å²) in [4.78, 5) is 18.0. The molecule has 1 fully saturated rings. The lowest BCUT2D eigenvalue weighted by molar-refractivity contribution is 0.102. The third kappa shape index (κ3) is 3.99. The molecule has 176 valence electrons. The second-order valence-corrected chi connectivity index (χ2v) is 10.3. The Hall–Kier alpha value is -3.50. The fourth-order valence-corrected chi connectivity index (χ4v) is 5.99. The molecule has 1 saturated heterocycles. The molecule has 0 spiro atoms. The zero-order chi connectivity index (χ0) is 23.9. The zero-order valence-corrected chi connectivity index (χ0v) is 19.7. The highest BCUT2D eigenvalue weighted by Gasteiger charge is 2.28. The van der Waals surface area contributed by atoms with Crippen molar-refractivity contribution < 1.29 is 22.2 Å². The SMILES string of the molecule is Cc1ccc(NC(=O)c2cc(-c3ccco3)nc3onc(C)c23)cc1S(=O)(=O)N1CCCCC1. The largest absolute Gasteiger partial charge is 0.463 e. The average molecular weight is 481 g/mol. The fraction of sp³-hybridized carbons (Fsp3) is 0.292. The quantitative estimate of drug-likeness (QED) is 0.446. The molecule has 0 atom stereocenters. The van der Waals surface area contributed by atoms with Crippen LogP contribution in [0, 0.1) is 13.8 Å². The number of piperidine rings is 1. The molecule has 0 unspecified atom stereocenters. The lowest BCUT2D eigenvalue weighted by Gasteiger charge is -2.26. The Morgan fingerprint density at radius 3 is 2.62 bits per heavy atom. The molecular weight excluding hydrogens is 456 g/mol. The van der Waals surface area contributed by atoms with Crippen LogP contribution in [-0.4, -0.2) is 41.9 Å². The van der Waals surface area contributed by atoms with Crippen molar-refractivity contribution in [1.82, 2.24) is 14.4 Å². The maximum atomic E-state index is 13.3. The van der Waals surface area contributed by atoms with Crippen LogP contribution in [0.15, 0.2) is 56.5 Å². The van der Waals surface area contributed by atoms with Gasteiger partial charge >= 0.3 is 0 Å². The van der Waals surface area contributed by atoms with Crippen LogP contribution in [0.1, 0.15) is 40.9 Å². The molecule has 1 aromatic carbocycles. The van der Waals surface area contributed by atoms with Crippen molar-refractivity contribution in [3.63, 3.8) is 0 Å². The number of carbonyl (C=O) groups is 1. The molecule has 3 aromatic heterocycles. The standard InChI is InChI=1S/C24H24N4O5S/c1-15-8-9-17(13-21(15)34(30,31)28-10-4-3-5-11-28)25-23(29)18-14-19(20-7-6-12-32-20)26-24-22(18)16(2)27-33-24/h6-9,12-14H,3-5,10-11H2,1-2H3,(H,25,29). The van der Waals surface area contributed by atoms with Crippen molar-refractivity contribution in [2.24, 2.45) is 0 Å². The number of hydrogen-bond acceptors (Lipinski definition) is 7. The van der Waals surface area contributed by atoms with Gasteiger partial charge in [-0.05, 0) is 62.6 Å². The second kappa shape index (κ2) is 8.69. The van der Waals surface area contributed by atoms with Crippen molar-refractivity contribution in [3.05, 3.63) is 59.5 Å². The highest BCUT2D eigenvalue weighted by molar-refractivity contribution is 7.89. The van der Waals surface area contributed by atoms with E-state index in [1.54, 1.807) is 44.2 Å². The summed E-state index contributed by atoms with van der Waals surface area (Å²) >= 11 is 0. The van der Waals surface area contributed by atoms with Crippen LogP contribution in [0.4, 0.5) is 5.69 Å². The van der Waals surface area contributed by atoms with E-state index < -0.39 is 15.9 Å². The molecule has 34 heavy (non-hydrogen) atoms. The van der Waals surface area contributed by atoms with Gasteiger partial charge in [0.25, 0.3) is 11.6 Å².